The summed E-state index contributed by atoms with van der Waals surface area (Å²) < 4.78 is 5.22. The molecule has 2 aliphatic rings. The molecule has 3 aromatic carbocycles. The Balaban J connectivity index is 1.24. The van der Waals surface area contributed by atoms with E-state index in [-0.39, 0.29) is 35.0 Å². The van der Waals surface area contributed by atoms with Crippen LogP contribution in [0.15, 0.2) is 124 Å². The number of benzene rings is 3. The van der Waals surface area contributed by atoms with E-state index >= 15 is 0 Å². The number of nitrogens with zero attached hydrogens (tertiary/aromatic N) is 3. The molecule has 12 nitrogen and oxygen atoms in total. The number of esters is 1. The summed E-state index contributed by atoms with van der Waals surface area (Å²) in [6.45, 7) is 3.19. The molecule has 1 saturated heterocycles. The number of carbonyl (C=O) groups is 4. The number of amides is 2. The average Bonchev–Trinajstić information content (AvgIpc) is 3.62. The fraction of sp³-hybridized carbons (Fsp3) is 0.211. The monoisotopic (exact) mass is 737 g/mol. The van der Waals surface area contributed by atoms with Gasteiger partial charge in [-0.05, 0) is 30.5 Å². The Bertz CT molecular complexity index is 1970. The van der Waals surface area contributed by atoms with Crippen molar-refractivity contribution in [1.29, 1.82) is 0 Å². The second-order valence-electron chi connectivity index (χ2n) is 12.1. The highest BCUT2D eigenvalue weighted by atomic mass is 32.2. The molecule has 0 bridgehead atoms. The maximum Gasteiger partial charge on any atom is 0.352 e. The quantitative estimate of drug-likeness (QED) is 0.0419. The third kappa shape index (κ3) is 7.20. The van der Waals surface area contributed by atoms with E-state index in [0.29, 0.717) is 5.13 Å². The lowest BCUT2D eigenvalue weighted by atomic mass is 9.77. The molecule has 3 N–H and O–H groups in total. The highest BCUT2D eigenvalue weighted by Crippen LogP contribution is 2.42. The number of aromatic nitrogens is 1. The van der Waals surface area contributed by atoms with Crippen LogP contribution in [0.3, 0.4) is 0 Å². The largest absolute Gasteiger partial charge is 0.477 e. The van der Waals surface area contributed by atoms with Crippen LogP contribution < -0.4 is 10.6 Å². The lowest BCUT2D eigenvalue weighted by Gasteiger charge is -2.49. The molecular weight excluding hydrogens is 703 g/mol. The van der Waals surface area contributed by atoms with Crippen LogP contribution in [0.1, 0.15) is 36.2 Å². The number of allylic oxidation sites excluding steroid dienone is 1. The maximum absolute atomic E-state index is 13.7. The minimum atomic E-state index is -1.33. The van der Waals surface area contributed by atoms with E-state index in [4.69, 9.17) is 14.6 Å². The van der Waals surface area contributed by atoms with E-state index in [1.807, 2.05) is 91.0 Å². The van der Waals surface area contributed by atoms with Crippen molar-refractivity contribution in [2.45, 2.75) is 30.8 Å². The molecule has 1 fully saturated rings. The molecule has 1 aromatic heterocycles. The van der Waals surface area contributed by atoms with Crippen molar-refractivity contribution in [2.75, 3.05) is 24.8 Å². The van der Waals surface area contributed by atoms with Gasteiger partial charge in [-0.2, -0.15) is 0 Å². The minimum absolute atomic E-state index is 0.163. The van der Waals surface area contributed by atoms with Gasteiger partial charge in [0.25, 0.3) is 11.8 Å². The Morgan fingerprint density at radius 1 is 0.981 bits per heavy atom. The van der Waals surface area contributed by atoms with E-state index in [1.54, 1.807) is 19.2 Å². The summed E-state index contributed by atoms with van der Waals surface area (Å²) in [7, 11) is 1.30. The summed E-state index contributed by atoms with van der Waals surface area (Å²) in [6, 6.07) is 28.9. The molecule has 0 unspecified atom stereocenters. The van der Waals surface area contributed by atoms with Gasteiger partial charge in [0.1, 0.15) is 42.1 Å². The van der Waals surface area contributed by atoms with Crippen LogP contribution in [0.5, 0.6) is 0 Å². The van der Waals surface area contributed by atoms with Crippen LogP contribution in [-0.2, 0) is 34.3 Å². The number of thiazole rings is 1. The number of fused-ring (bicyclic) bond motifs is 1. The summed E-state index contributed by atoms with van der Waals surface area (Å²) in [5.74, 6) is -3.11. The van der Waals surface area contributed by atoms with Crippen LogP contribution in [0.25, 0.3) is 0 Å². The van der Waals surface area contributed by atoms with Crippen molar-refractivity contribution in [3.63, 3.8) is 0 Å². The molecule has 0 spiro atoms. The topological polar surface area (TPSA) is 160 Å². The Morgan fingerprint density at radius 3 is 2.08 bits per heavy atom. The molecule has 266 valence electrons. The fourth-order valence-electron chi connectivity index (χ4n) is 6.12. The Kier molecular flexibility index (Phi) is 10.9. The molecule has 2 aliphatic heterocycles. The minimum Gasteiger partial charge on any atom is -0.477 e. The van der Waals surface area contributed by atoms with Gasteiger partial charge in [-0.1, -0.05) is 102 Å². The fourth-order valence-corrected chi connectivity index (χ4v) is 8.19. The van der Waals surface area contributed by atoms with Gasteiger partial charge in [0, 0.05) is 22.8 Å². The molecule has 0 saturated carbocycles. The van der Waals surface area contributed by atoms with Crippen molar-refractivity contribution in [2.24, 2.45) is 5.16 Å². The Hall–Kier alpha value is -5.73. The normalized spacial score (nSPS) is 17.0. The van der Waals surface area contributed by atoms with E-state index in [0.717, 1.165) is 27.2 Å². The zero-order valence-corrected chi connectivity index (χ0v) is 30.1. The third-order valence-electron chi connectivity index (χ3n) is 8.39. The predicted molar refractivity (Wildman–Crippen MR) is 199 cm³/mol. The van der Waals surface area contributed by atoms with Gasteiger partial charge in [-0.15, -0.1) is 23.1 Å². The summed E-state index contributed by atoms with van der Waals surface area (Å²) in [6.07, 6.45) is 1.30. The van der Waals surface area contributed by atoms with E-state index in [2.05, 4.69) is 15.8 Å². The van der Waals surface area contributed by atoms with E-state index in [1.165, 1.54) is 36.3 Å². The number of hydrogen-bond donors (Lipinski definition) is 3. The molecule has 6 rings (SSSR count). The highest BCUT2D eigenvalue weighted by Gasteiger charge is 2.54. The maximum atomic E-state index is 13.7. The molecule has 3 heterocycles. The van der Waals surface area contributed by atoms with Crippen LogP contribution in [0.4, 0.5) is 5.13 Å². The summed E-state index contributed by atoms with van der Waals surface area (Å²) in [5.41, 5.74) is 2.84. The second-order valence-corrected chi connectivity index (χ2v) is 14.0. The van der Waals surface area contributed by atoms with Crippen molar-refractivity contribution in [1.82, 2.24) is 15.2 Å². The standard InChI is InChI=1S/C38H35N5O7S2/c1-23(2)19-29(44)50-20-24-21-51-35-31(34(46)43(35)32(24)36(47)48)40-33(45)30(42-49-3)28-22-52-37(39-28)41-38(25-13-7-4-8-14-25,26-15-9-5-10-16-26)27-17-11-6-12-18-27/h4-19,22,31,35H,20-21H2,1-3H3,(H,39,41)(H,40,45)(H,47,48)/b42-30+/t31-,35-/m1/s1. The predicted octanol–water partition coefficient (Wildman–Crippen LogP) is 5.15. The molecule has 4 aromatic rings. The second kappa shape index (κ2) is 15.7. The van der Waals surface area contributed by atoms with Gasteiger partial charge in [0.2, 0.25) is 0 Å². The van der Waals surface area contributed by atoms with Crippen LogP contribution >= 0.6 is 23.1 Å². The first-order chi connectivity index (χ1) is 25.1. The summed E-state index contributed by atoms with van der Waals surface area (Å²) in [4.78, 5) is 62.3. The number of ether oxygens (including phenoxy) is 1. The van der Waals surface area contributed by atoms with Crippen molar-refractivity contribution in [3.8, 4) is 0 Å². The van der Waals surface area contributed by atoms with Gasteiger partial charge in [0.05, 0.1) is 0 Å². The smallest absolute Gasteiger partial charge is 0.352 e. The first kappa shape index (κ1) is 36.1. The summed E-state index contributed by atoms with van der Waals surface area (Å²) in [5, 5.41) is 21.8. The molecule has 0 aliphatic carbocycles. The SMILES string of the molecule is CO/N=C(/C(=O)N[C@@H]1C(=O)N2C(C(=O)O)=C(COC(=O)C=C(C)C)CS[C@H]12)c1csc(NC(c2ccccc2)(c2ccccc2)c2ccccc2)n1. The lowest BCUT2D eigenvalue weighted by Crippen LogP contribution is -2.71. The third-order valence-corrected chi connectivity index (χ3v) is 10.5. The van der Waals surface area contributed by atoms with Crippen LogP contribution in [-0.4, -0.2) is 75.3 Å². The lowest BCUT2D eigenvalue weighted by molar-refractivity contribution is -0.150. The molecular formula is C38H35N5O7S2. The number of rotatable bonds is 13. The van der Waals surface area contributed by atoms with E-state index < -0.39 is 40.7 Å². The number of β-lactam (4-membered cyclic amide) rings is 1. The first-order valence-electron chi connectivity index (χ1n) is 16.2. The zero-order valence-electron chi connectivity index (χ0n) is 28.4. The molecule has 2 amide bonds. The number of oxime groups is 1. The highest BCUT2D eigenvalue weighted by molar-refractivity contribution is 8.00. The zero-order chi connectivity index (χ0) is 36.8. The molecule has 2 atom stereocenters. The van der Waals surface area contributed by atoms with Gasteiger partial charge in [0.15, 0.2) is 10.8 Å². The number of carbonyl (C=O) groups excluding carboxylic acids is 3. The number of anilines is 1. The van der Waals surface area contributed by atoms with Gasteiger partial charge < -0.3 is 25.3 Å². The van der Waals surface area contributed by atoms with Gasteiger partial charge in [-0.25, -0.2) is 14.6 Å². The number of thioether (sulfide) groups is 1. The van der Waals surface area contributed by atoms with Crippen molar-refractivity contribution in [3.05, 3.63) is 142 Å². The van der Waals surface area contributed by atoms with Gasteiger partial charge >= 0.3 is 11.9 Å². The van der Waals surface area contributed by atoms with Gasteiger partial charge in [-0.3, -0.25) is 14.5 Å². The van der Waals surface area contributed by atoms with Crippen LogP contribution in [0, 0.1) is 0 Å². The first-order valence-corrected chi connectivity index (χ1v) is 18.1. The van der Waals surface area contributed by atoms with Crippen LogP contribution in [0.2, 0.25) is 0 Å². The average molecular weight is 738 g/mol. The summed E-state index contributed by atoms with van der Waals surface area (Å²) >= 11 is 2.53. The number of carboxylic acid groups (broad SMARTS) is 1. The van der Waals surface area contributed by atoms with Crippen molar-refractivity contribution >= 4 is 57.7 Å². The number of aliphatic carboxylic acids is 1. The molecule has 52 heavy (non-hydrogen) atoms. The molecule has 0 radical (unpaired) electrons. The number of carboxylic acids is 1. The molecule has 14 heteroatoms. The Labute approximate surface area is 308 Å². The van der Waals surface area contributed by atoms with Crippen molar-refractivity contribution < 1.29 is 33.9 Å². The number of hydrogen-bond acceptors (Lipinski definition) is 11. The van der Waals surface area contributed by atoms with E-state index in [9.17, 15) is 24.3 Å². The number of nitrogens with one attached hydrogen (secondary N) is 2. The Morgan fingerprint density at radius 2 is 1.56 bits per heavy atom.